The van der Waals surface area contributed by atoms with Gasteiger partial charge in [0, 0.05) is 11.8 Å². The Morgan fingerprint density at radius 2 is 1.55 bits per heavy atom. The molecule has 9 nitrogen and oxygen atoms in total. The highest BCUT2D eigenvalue weighted by Crippen LogP contribution is 2.47. The number of ether oxygens (including phenoxy) is 2. The monoisotopic (exact) mass is 548 g/mol. The quantitative estimate of drug-likeness (QED) is 0.261. The number of hydrogen-bond acceptors (Lipinski definition) is 7. The van der Waals surface area contributed by atoms with Gasteiger partial charge >= 0.3 is 5.69 Å². The van der Waals surface area contributed by atoms with Crippen LogP contribution < -0.4 is 16.0 Å². The van der Waals surface area contributed by atoms with E-state index in [-0.39, 0.29) is 11.3 Å². The number of phenolic OH excluding ortho intramolecular Hbond substituents is 1. The molecule has 0 aliphatic carbocycles. The second-order valence-electron chi connectivity index (χ2n) is 9.80. The molecule has 0 bridgehead atoms. The topological polar surface area (TPSA) is 134 Å². The molecule has 1 aromatic heterocycles. The number of hydrogen-bond donors (Lipinski definition) is 4. The fourth-order valence-electron chi connectivity index (χ4n) is 5.46. The number of benzene rings is 3. The van der Waals surface area contributed by atoms with Gasteiger partial charge in [0.25, 0.3) is 5.56 Å². The molecule has 3 unspecified atom stereocenters. The van der Waals surface area contributed by atoms with Crippen molar-refractivity contribution in [3.05, 3.63) is 128 Å². The second kappa shape index (κ2) is 10.7. The number of aromatic hydroxyl groups is 1. The van der Waals surface area contributed by atoms with Crippen LogP contribution in [0.1, 0.15) is 28.5 Å². The number of aromatic amines is 1. The lowest BCUT2D eigenvalue weighted by Gasteiger charge is -2.42. The van der Waals surface area contributed by atoms with Crippen molar-refractivity contribution >= 4 is 0 Å². The van der Waals surface area contributed by atoms with Crippen molar-refractivity contribution in [3.8, 4) is 11.5 Å². The van der Waals surface area contributed by atoms with Gasteiger partial charge in [-0.3, -0.25) is 14.3 Å². The molecule has 2 heterocycles. The highest BCUT2D eigenvalue weighted by atomic mass is 19.1. The van der Waals surface area contributed by atoms with Gasteiger partial charge < -0.3 is 24.8 Å². The van der Waals surface area contributed by atoms with E-state index in [1.807, 2.05) is 6.07 Å². The number of aliphatic hydroxyl groups is 2. The third-order valence-corrected chi connectivity index (χ3v) is 7.50. The van der Waals surface area contributed by atoms with Crippen molar-refractivity contribution in [2.75, 3.05) is 7.11 Å². The van der Waals surface area contributed by atoms with E-state index in [1.54, 1.807) is 60.7 Å². The summed E-state index contributed by atoms with van der Waals surface area (Å²) in [5.41, 5.74) is -1.12. The van der Waals surface area contributed by atoms with E-state index in [4.69, 9.17) is 9.47 Å². The molecule has 208 valence electrons. The second-order valence-corrected chi connectivity index (χ2v) is 9.80. The zero-order valence-electron chi connectivity index (χ0n) is 21.8. The summed E-state index contributed by atoms with van der Waals surface area (Å²) in [6, 6.07) is 22.1. The molecule has 0 spiro atoms. The van der Waals surface area contributed by atoms with Gasteiger partial charge in [-0.2, -0.15) is 0 Å². The molecule has 0 radical (unpaired) electrons. The maximum Gasteiger partial charge on any atom is 0.330 e. The van der Waals surface area contributed by atoms with E-state index in [2.05, 4.69) is 4.98 Å². The fourth-order valence-corrected chi connectivity index (χ4v) is 5.46. The standard InChI is InChI=1S/C30H29FN2O7/c1-17-16-33(29(38)32-27(17)37)28-23(31)24(35)25(40-28)26(36)30(18-6-4-3-5-7-18,19-8-12-21(34)13-9-19)20-10-14-22(39-2)15-11-20/h3-16,23-26,28,34-36H,1-2H3,(H,32,37,38)/t23?,24-,25-,26?,28+,30?/m0/s1. The number of nitrogens with one attached hydrogen (secondary N) is 1. The normalized spacial score (nSPS) is 22.9. The van der Waals surface area contributed by atoms with Crippen LogP contribution >= 0.6 is 0 Å². The van der Waals surface area contributed by atoms with Crippen LogP contribution in [0.5, 0.6) is 11.5 Å². The number of alkyl halides is 1. The van der Waals surface area contributed by atoms with E-state index in [0.717, 1.165) is 10.8 Å². The zero-order valence-corrected chi connectivity index (χ0v) is 21.8. The third-order valence-electron chi connectivity index (χ3n) is 7.50. The maximum absolute atomic E-state index is 15.6. The van der Waals surface area contributed by atoms with E-state index < -0.39 is 47.4 Å². The van der Waals surface area contributed by atoms with E-state index >= 15 is 4.39 Å². The summed E-state index contributed by atoms with van der Waals surface area (Å²) in [6.45, 7) is 1.45. The number of aryl methyl sites for hydroxylation is 1. The van der Waals surface area contributed by atoms with Crippen LogP contribution in [0.15, 0.2) is 94.6 Å². The van der Waals surface area contributed by atoms with Gasteiger partial charge in [0.2, 0.25) is 0 Å². The Bertz CT molecular complexity index is 1590. The molecular weight excluding hydrogens is 519 g/mol. The van der Waals surface area contributed by atoms with Crippen LogP contribution in [-0.2, 0) is 10.2 Å². The van der Waals surface area contributed by atoms with Crippen molar-refractivity contribution in [2.24, 2.45) is 0 Å². The number of aromatic nitrogens is 2. The number of aliphatic hydroxyl groups excluding tert-OH is 2. The lowest BCUT2D eigenvalue weighted by atomic mass is 9.64. The van der Waals surface area contributed by atoms with Crippen LogP contribution in [0.3, 0.4) is 0 Å². The minimum Gasteiger partial charge on any atom is -0.508 e. The molecule has 5 rings (SSSR count). The van der Waals surface area contributed by atoms with Crippen molar-refractivity contribution in [1.82, 2.24) is 9.55 Å². The maximum atomic E-state index is 15.6. The Kier molecular flexibility index (Phi) is 7.33. The van der Waals surface area contributed by atoms with E-state index in [0.29, 0.717) is 22.4 Å². The van der Waals surface area contributed by atoms with Gasteiger partial charge in [-0.25, -0.2) is 9.18 Å². The molecule has 4 aromatic rings. The number of halogens is 1. The molecule has 1 aliphatic rings. The summed E-state index contributed by atoms with van der Waals surface area (Å²) in [7, 11) is 1.53. The van der Waals surface area contributed by atoms with Crippen LogP contribution in [0.4, 0.5) is 4.39 Å². The molecule has 4 N–H and O–H groups in total. The summed E-state index contributed by atoms with van der Waals surface area (Å²) in [4.78, 5) is 26.5. The minimum absolute atomic E-state index is 0.00350. The predicted molar refractivity (Wildman–Crippen MR) is 144 cm³/mol. The molecule has 0 saturated carbocycles. The largest absolute Gasteiger partial charge is 0.508 e. The average Bonchev–Trinajstić information content (AvgIpc) is 3.26. The summed E-state index contributed by atoms with van der Waals surface area (Å²) in [5.74, 6) is 0.573. The number of nitrogens with zero attached hydrogens (tertiary/aromatic N) is 1. The van der Waals surface area contributed by atoms with Crippen molar-refractivity contribution in [2.45, 2.75) is 43.1 Å². The summed E-state index contributed by atoms with van der Waals surface area (Å²) in [6.07, 6.45) is -7.51. The van der Waals surface area contributed by atoms with Crippen molar-refractivity contribution in [1.29, 1.82) is 0 Å². The highest BCUT2D eigenvalue weighted by Gasteiger charge is 2.56. The smallest absolute Gasteiger partial charge is 0.330 e. The van der Waals surface area contributed by atoms with Crippen molar-refractivity contribution < 1.29 is 29.2 Å². The number of rotatable bonds is 7. The molecule has 40 heavy (non-hydrogen) atoms. The predicted octanol–water partition coefficient (Wildman–Crippen LogP) is 2.55. The summed E-state index contributed by atoms with van der Waals surface area (Å²) in [5, 5.41) is 33.4. The molecule has 6 atom stereocenters. The first-order valence-corrected chi connectivity index (χ1v) is 12.7. The first-order valence-electron chi connectivity index (χ1n) is 12.7. The fraction of sp³-hybridized carbons (Fsp3) is 0.267. The van der Waals surface area contributed by atoms with Gasteiger partial charge in [-0.15, -0.1) is 0 Å². The number of phenols is 1. The zero-order chi connectivity index (χ0) is 28.6. The van der Waals surface area contributed by atoms with Crippen LogP contribution in [0.2, 0.25) is 0 Å². The third kappa shape index (κ3) is 4.49. The Hall–Kier alpha value is -4.25. The lowest BCUT2D eigenvalue weighted by molar-refractivity contribution is -0.0984. The number of methoxy groups -OCH3 is 1. The Labute approximate surface area is 228 Å². The van der Waals surface area contributed by atoms with Gasteiger partial charge in [0.05, 0.1) is 12.5 Å². The number of H-pyrrole nitrogens is 1. The molecular formula is C30H29FN2O7. The Balaban J connectivity index is 1.70. The van der Waals surface area contributed by atoms with Gasteiger partial charge in [0.15, 0.2) is 12.4 Å². The Morgan fingerprint density at radius 1 is 0.975 bits per heavy atom. The average molecular weight is 549 g/mol. The molecule has 10 heteroatoms. The van der Waals surface area contributed by atoms with Gasteiger partial charge in [0.1, 0.15) is 29.8 Å². The molecule has 1 fully saturated rings. The van der Waals surface area contributed by atoms with Crippen molar-refractivity contribution in [3.63, 3.8) is 0 Å². The van der Waals surface area contributed by atoms with Gasteiger partial charge in [-0.05, 0) is 47.9 Å². The van der Waals surface area contributed by atoms with E-state index in [1.165, 1.54) is 26.2 Å². The first-order chi connectivity index (χ1) is 19.2. The SMILES string of the molecule is COc1ccc(C(c2ccccc2)(c2ccc(O)cc2)C(O)[C@H]2O[C@@H](n3cc(C)c(=O)[nH]c3=O)C(F)[C@@H]2O)cc1. The molecule has 3 aromatic carbocycles. The highest BCUT2D eigenvalue weighted by molar-refractivity contribution is 5.54. The lowest BCUT2D eigenvalue weighted by Crippen LogP contribution is -2.52. The molecule has 1 saturated heterocycles. The first kappa shape index (κ1) is 27.3. The summed E-state index contributed by atoms with van der Waals surface area (Å²) >= 11 is 0. The van der Waals surface area contributed by atoms with E-state index in [9.17, 15) is 24.9 Å². The van der Waals surface area contributed by atoms with Gasteiger partial charge in [-0.1, -0.05) is 54.6 Å². The van der Waals surface area contributed by atoms with Crippen LogP contribution in [0.25, 0.3) is 0 Å². The van der Waals surface area contributed by atoms with Crippen LogP contribution in [0, 0.1) is 6.92 Å². The summed E-state index contributed by atoms with van der Waals surface area (Å²) < 4.78 is 27.8. The van der Waals surface area contributed by atoms with Crippen LogP contribution in [-0.4, -0.2) is 56.5 Å². The minimum atomic E-state index is -2.10. The molecule has 0 amide bonds. The molecule has 1 aliphatic heterocycles. The Morgan fingerprint density at radius 3 is 2.15 bits per heavy atom.